The third kappa shape index (κ3) is 3.06. The largest absolute Gasteiger partial charge is 0.265 e. The molecule has 0 aliphatic carbocycles. The zero-order valence-electron chi connectivity index (χ0n) is 10.7. The molecule has 0 aliphatic rings. The fourth-order valence-corrected chi connectivity index (χ4v) is 3.65. The van der Waals surface area contributed by atoms with Crippen LogP contribution in [0.2, 0.25) is 0 Å². The first-order chi connectivity index (χ1) is 10.1. The van der Waals surface area contributed by atoms with Crippen LogP contribution in [0.4, 0.5) is 5.13 Å². The molecule has 1 aromatic carbocycles. The number of benzene rings is 1. The van der Waals surface area contributed by atoms with Crippen LogP contribution in [0.5, 0.6) is 0 Å². The molecule has 8 heteroatoms. The highest BCUT2D eigenvalue weighted by Crippen LogP contribution is 2.27. The van der Waals surface area contributed by atoms with E-state index < -0.39 is 10.0 Å². The Bertz CT molecular complexity index is 833. The van der Waals surface area contributed by atoms with Gasteiger partial charge in [0.25, 0.3) is 10.0 Å². The van der Waals surface area contributed by atoms with Gasteiger partial charge in [-0.15, -0.1) is 10.2 Å². The molecule has 0 aliphatic heterocycles. The zero-order chi connectivity index (χ0) is 14.7. The predicted octanol–water partition coefficient (Wildman–Crippen LogP) is 2.40. The second-order valence-electron chi connectivity index (χ2n) is 4.07. The summed E-state index contributed by atoms with van der Waals surface area (Å²) in [5.74, 6) is 0. The Morgan fingerprint density at radius 2 is 1.67 bits per heavy atom. The van der Waals surface area contributed by atoms with Gasteiger partial charge < -0.3 is 0 Å². The lowest BCUT2D eigenvalue weighted by molar-refractivity contribution is 0.601. The van der Waals surface area contributed by atoms with Crippen molar-refractivity contribution in [2.45, 2.75) is 4.90 Å². The van der Waals surface area contributed by atoms with Gasteiger partial charge in [-0.25, -0.2) is 8.42 Å². The predicted molar refractivity (Wildman–Crippen MR) is 80.4 cm³/mol. The van der Waals surface area contributed by atoms with Gasteiger partial charge >= 0.3 is 0 Å². The molecule has 2 aromatic heterocycles. The Hall–Kier alpha value is -2.32. The molecule has 0 unspecified atom stereocenters. The van der Waals surface area contributed by atoms with Crippen LogP contribution in [0.25, 0.3) is 10.6 Å². The minimum absolute atomic E-state index is 0.186. The second-order valence-corrected chi connectivity index (χ2v) is 6.73. The van der Waals surface area contributed by atoms with Gasteiger partial charge in [0, 0.05) is 18.0 Å². The number of sulfonamides is 1. The number of anilines is 1. The molecule has 1 N–H and O–H groups in total. The van der Waals surface area contributed by atoms with Gasteiger partial charge in [-0.2, -0.15) is 0 Å². The summed E-state index contributed by atoms with van der Waals surface area (Å²) in [5, 5.41) is 8.69. The quantitative estimate of drug-likeness (QED) is 0.798. The van der Waals surface area contributed by atoms with Crippen molar-refractivity contribution in [1.82, 2.24) is 15.2 Å². The van der Waals surface area contributed by atoms with E-state index in [-0.39, 0.29) is 10.0 Å². The van der Waals surface area contributed by atoms with Crippen LogP contribution in [0, 0.1) is 0 Å². The molecule has 0 amide bonds. The summed E-state index contributed by atoms with van der Waals surface area (Å²) in [5.41, 5.74) is 0.840. The normalized spacial score (nSPS) is 11.2. The average molecular weight is 318 g/mol. The van der Waals surface area contributed by atoms with Gasteiger partial charge in [0.15, 0.2) is 0 Å². The summed E-state index contributed by atoms with van der Waals surface area (Å²) in [6, 6.07) is 11.7. The topological polar surface area (TPSA) is 84.8 Å². The van der Waals surface area contributed by atoms with Crippen LogP contribution in [0.1, 0.15) is 0 Å². The monoisotopic (exact) mass is 318 g/mol. The highest BCUT2D eigenvalue weighted by atomic mass is 32.2. The van der Waals surface area contributed by atoms with Gasteiger partial charge in [0.2, 0.25) is 5.13 Å². The Kier molecular flexibility index (Phi) is 3.63. The van der Waals surface area contributed by atoms with E-state index in [9.17, 15) is 8.42 Å². The van der Waals surface area contributed by atoms with E-state index in [0.717, 1.165) is 5.56 Å². The van der Waals surface area contributed by atoms with Crippen molar-refractivity contribution in [3.63, 3.8) is 0 Å². The number of hydrogen-bond donors (Lipinski definition) is 1. The van der Waals surface area contributed by atoms with Crippen molar-refractivity contribution < 1.29 is 8.42 Å². The zero-order valence-corrected chi connectivity index (χ0v) is 12.3. The van der Waals surface area contributed by atoms with Crippen molar-refractivity contribution in [3.8, 4) is 10.6 Å². The van der Waals surface area contributed by atoms with Crippen molar-refractivity contribution in [1.29, 1.82) is 0 Å². The number of nitrogens with one attached hydrogen (secondary N) is 1. The smallest absolute Gasteiger partial charge is 0.263 e. The maximum absolute atomic E-state index is 12.2. The molecule has 21 heavy (non-hydrogen) atoms. The molecular weight excluding hydrogens is 308 g/mol. The highest BCUT2D eigenvalue weighted by Gasteiger charge is 2.16. The van der Waals surface area contributed by atoms with Gasteiger partial charge in [-0.05, 0) is 24.3 Å². The van der Waals surface area contributed by atoms with E-state index in [4.69, 9.17) is 0 Å². The first-order valence-electron chi connectivity index (χ1n) is 5.97. The number of pyridine rings is 1. The van der Waals surface area contributed by atoms with E-state index in [1.165, 1.54) is 23.5 Å². The molecule has 0 radical (unpaired) electrons. The number of aromatic nitrogens is 3. The Labute approximate surface area is 125 Å². The Balaban J connectivity index is 1.85. The molecule has 6 nitrogen and oxygen atoms in total. The summed E-state index contributed by atoms with van der Waals surface area (Å²) in [6.45, 7) is 0. The summed E-state index contributed by atoms with van der Waals surface area (Å²) in [7, 11) is -3.64. The maximum Gasteiger partial charge on any atom is 0.263 e. The van der Waals surface area contributed by atoms with Crippen LogP contribution in [0.3, 0.4) is 0 Å². The Morgan fingerprint density at radius 1 is 0.952 bits per heavy atom. The molecule has 3 rings (SSSR count). The van der Waals surface area contributed by atoms with Gasteiger partial charge in [-0.3, -0.25) is 9.71 Å². The van der Waals surface area contributed by atoms with Gasteiger partial charge in [-0.1, -0.05) is 29.5 Å². The van der Waals surface area contributed by atoms with Crippen molar-refractivity contribution >= 4 is 26.5 Å². The number of nitrogens with zero attached hydrogens (tertiary/aromatic N) is 3. The third-order valence-electron chi connectivity index (χ3n) is 2.63. The molecule has 106 valence electrons. The first-order valence-corrected chi connectivity index (χ1v) is 8.27. The van der Waals surface area contributed by atoms with Crippen LogP contribution < -0.4 is 4.72 Å². The lowest BCUT2D eigenvalue weighted by Gasteiger charge is -2.03. The lowest BCUT2D eigenvalue weighted by atomic mass is 10.3. The first kappa shape index (κ1) is 13.7. The molecule has 0 atom stereocenters. The molecule has 2 heterocycles. The second kappa shape index (κ2) is 5.58. The summed E-state index contributed by atoms with van der Waals surface area (Å²) in [6.07, 6.45) is 3.29. The molecule has 0 bridgehead atoms. The number of hydrogen-bond acceptors (Lipinski definition) is 6. The van der Waals surface area contributed by atoms with Crippen LogP contribution in [-0.2, 0) is 10.0 Å². The molecule has 0 spiro atoms. The third-order valence-corrected chi connectivity index (χ3v) is 5.00. The summed E-state index contributed by atoms with van der Waals surface area (Å²) < 4.78 is 26.8. The Morgan fingerprint density at radius 3 is 2.38 bits per heavy atom. The van der Waals surface area contributed by atoms with Crippen LogP contribution >= 0.6 is 11.3 Å². The highest BCUT2D eigenvalue weighted by molar-refractivity contribution is 7.93. The molecule has 3 aromatic rings. The summed E-state index contributed by atoms with van der Waals surface area (Å²) in [4.78, 5) is 4.11. The standard InChI is InChI=1S/C13H10N4O2S2/c18-21(19,11-4-2-1-3-5-11)17-13-16-15-12(20-13)10-6-8-14-9-7-10/h1-9H,(H,16,17). The van der Waals surface area contributed by atoms with Crippen LogP contribution in [-0.4, -0.2) is 23.6 Å². The van der Waals surface area contributed by atoms with Crippen molar-refractivity contribution in [3.05, 3.63) is 54.9 Å². The van der Waals surface area contributed by atoms with Gasteiger partial charge in [0.05, 0.1) is 4.90 Å². The van der Waals surface area contributed by atoms with Crippen molar-refractivity contribution in [2.24, 2.45) is 0 Å². The molecule has 0 saturated heterocycles. The minimum atomic E-state index is -3.64. The average Bonchev–Trinajstić information content (AvgIpc) is 2.97. The number of rotatable bonds is 4. The van der Waals surface area contributed by atoms with Crippen molar-refractivity contribution in [2.75, 3.05) is 4.72 Å². The van der Waals surface area contributed by atoms with Crippen LogP contribution in [0.15, 0.2) is 59.8 Å². The SMILES string of the molecule is O=S(=O)(Nc1nnc(-c2ccncc2)s1)c1ccccc1. The minimum Gasteiger partial charge on any atom is -0.265 e. The van der Waals surface area contributed by atoms with E-state index >= 15 is 0 Å². The fourth-order valence-electron chi connectivity index (χ4n) is 1.65. The molecule has 0 fully saturated rings. The van der Waals surface area contributed by atoms with E-state index in [2.05, 4.69) is 19.9 Å². The van der Waals surface area contributed by atoms with E-state index in [1.54, 1.807) is 42.7 Å². The lowest BCUT2D eigenvalue weighted by Crippen LogP contribution is -2.12. The molecule has 0 saturated carbocycles. The van der Waals surface area contributed by atoms with E-state index in [0.29, 0.717) is 5.01 Å². The maximum atomic E-state index is 12.2. The molecular formula is C13H10N4O2S2. The fraction of sp³-hybridized carbons (Fsp3) is 0. The summed E-state index contributed by atoms with van der Waals surface area (Å²) >= 11 is 1.17. The van der Waals surface area contributed by atoms with Gasteiger partial charge in [0.1, 0.15) is 5.01 Å². The van der Waals surface area contributed by atoms with E-state index in [1.807, 2.05) is 0 Å².